The van der Waals surface area contributed by atoms with Crippen LogP contribution in [0.2, 0.25) is 0 Å². The first-order valence-electron chi connectivity index (χ1n) is 8.25. The molecule has 0 bridgehead atoms. The molecule has 1 saturated heterocycles. The van der Waals surface area contributed by atoms with Crippen LogP contribution in [-0.2, 0) is 11.3 Å². The number of benzene rings is 1. The van der Waals surface area contributed by atoms with Gasteiger partial charge < -0.3 is 14.4 Å². The van der Waals surface area contributed by atoms with Crippen molar-refractivity contribution < 1.29 is 9.84 Å². The fourth-order valence-electron chi connectivity index (χ4n) is 3.27. The van der Waals surface area contributed by atoms with E-state index in [2.05, 4.69) is 19.5 Å². The highest BCUT2D eigenvalue weighted by Gasteiger charge is 2.21. The monoisotopic (exact) mass is 324 g/mol. The number of imidazole rings is 1. The van der Waals surface area contributed by atoms with Crippen LogP contribution in [0.25, 0.3) is 22.4 Å². The van der Waals surface area contributed by atoms with Crippen LogP contribution in [0.15, 0.2) is 30.6 Å². The smallest absolute Gasteiger partial charge is 0.164 e. The Morgan fingerprint density at radius 2 is 2.08 bits per heavy atom. The van der Waals surface area contributed by atoms with Gasteiger partial charge in [0.05, 0.1) is 12.9 Å². The van der Waals surface area contributed by atoms with E-state index < -0.39 is 0 Å². The first-order chi connectivity index (χ1) is 11.8. The molecule has 0 radical (unpaired) electrons. The van der Waals surface area contributed by atoms with Gasteiger partial charge in [0, 0.05) is 24.8 Å². The van der Waals surface area contributed by atoms with Crippen molar-refractivity contribution in [1.82, 2.24) is 19.5 Å². The van der Waals surface area contributed by atoms with Crippen LogP contribution < -0.4 is 0 Å². The molecule has 0 aliphatic carbocycles. The average Bonchev–Trinajstić information content (AvgIpc) is 3.05. The minimum Gasteiger partial charge on any atom is -0.392 e. The number of hydrogen-bond acceptors (Lipinski definition) is 5. The molecule has 24 heavy (non-hydrogen) atoms. The Bertz CT molecular complexity index is 869. The lowest BCUT2D eigenvalue weighted by Crippen LogP contribution is -2.19. The molecular formula is C18H20N4O2. The quantitative estimate of drug-likeness (QED) is 0.802. The molecule has 2 aromatic heterocycles. The Morgan fingerprint density at radius 1 is 1.25 bits per heavy atom. The van der Waals surface area contributed by atoms with E-state index in [1.165, 1.54) is 0 Å². The molecule has 1 aromatic carbocycles. The largest absolute Gasteiger partial charge is 0.392 e. The Kier molecular flexibility index (Phi) is 4.00. The van der Waals surface area contributed by atoms with E-state index in [1.54, 1.807) is 0 Å². The number of hydrogen-bond donors (Lipinski definition) is 1. The maximum atomic E-state index is 9.39. The summed E-state index contributed by atoms with van der Waals surface area (Å²) in [5.41, 5.74) is 4.31. The van der Waals surface area contributed by atoms with Crippen LogP contribution in [0.5, 0.6) is 0 Å². The van der Waals surface area contributed by atoms with Crippen LogP contribution in [-0.4, -0.2) is 37.8 Å². The second kappa shape index (κ2) is 6.30. The highest BCUT2D eigenvalue weighted by Crippen LogP contribution is 2.29. The van der Waals surface area contributed by atoms with Gasteiger partial charge in [0.1, 0.15) is 17.0 Å². The van der Waals surface area contributed by atoms with Gasteiger partial charge in [-0.2, -0.15) is 0 Å². The second-order valence-corrected chi connectivity index (χ2v) is 6.15. The zero-order valence-corrected chi connectivity index (χ0v) is 13.6. The van der Waals surface area contributed by atoms with Crippen molar-refractivity contribution in [2.75, 3.05) is 13.2 Å². The predicted octanol–water partition coefficient (Wildman–Crippen LogP) is 2.65. The van der Waals surface area contributed by atoms with Crippen LogP contribution in [0.4, 0.5) is 0 Å². The van der Waals surface area contributed by atoms with Crippen molar-refractivity contribution in [2.24, 2.45) is 0 Å². The molecule has 4 rings (SSSR count). The van der Waals surface area contributed by atoms with Gasteiger partial charge in [0.15, 0.2) is 5.65 Å². The van der Waals surface area contributed by atoms with E-state index in [0.717, 1.165) is 59.9 Å². The minimum absolute atomic E-state index is 0.0115. The molecular weight excluding hydrogens is 304 g/mol. The Labute approximate surface area is 140 Å². The summed E-state index contributed by atoms with van der Waals surface area (Å²) < 4.78 is 7.62. The van der Waals surface area contributed by atoms with Gasteiger partial charge in [-0.1, -0.05) is 18.2 Å². The van der Waals surface area contributed by atoms with E-state index in [1.807, 2.05) is 37.5 Å². The first kappa shape index (κ1) is 15.2. The predicted molar refractivity (Wildman–Crippen MR) is 90.5 cm³/mol. The van der Waals surface area contributed by atoms with Crippen molar-refractivity contribution in [3.63, 3.8) is 0 Å². The SMILES string of the molecule is Cc1nc(-c2cccc(CO)c2)c2ncn(C3CCOCC3)c2n1. The highest BCUT2D eigenvalue weighted by molar-refractivity contribution is 5.87. The van der Waals surface area contributed by atoms with Crippen molar-refractivity contribution in [2.45, 2.75) is 32.4 Å². The number of aliphatic hydroxyl groups excluding tert-OH is 1. The number of rotatable bonds is 3. The van der Waals surface area contributed by atoms with Crippen molar-refractivity contribution in [3.8, 4) is 11.3 Å². The number of fused-ring (bicyclic) bond motifs is 1. The number of aryl methyl sites for hydroxylation is 1. The lowest BCUT2D eigenvalue weighted by atomic mass is 10.1. The minimum atomic E-state index is 0.0115. The van der Waals surface area contributed by atoms with Gasteiger partial charge in [-0.3, -0.25) is 0 Å². The topological polar surface area (TPSA) is 73.1 Å². The molecule has 6 heteroatoms. The molecule has 124 valence electrons. The molecule has 3 heterocycles. The van der Waals surface area contributed by atoms with Gasteiger partial charge in [-0.05, 0) is 31.4 Å². The van der Waals surface area contributed by atoms with E-state index in [4.69, 9.17) is 4.74 Å². The molecule has 1 aliphatic rings. The van der Waals surface area contributed by atoms with E-state index >= 15 is 0 Å². The van der Waals surface area contributed by atoms with E-state index in [-0.39, 0.29) is 6.61 Å². The van der Waals surface area contributed by atoms with Crippen LogP contribution in [0, 0.1) is 6.92 Å². The number of ether oxygens (including phenoxy) is 1. The summed E-state index contributed by atoms with van der Waals surface area (Å²) in [5.74, 6) is 0.723. The summed E-state index contributed by atoms with van der Waals surface area (Å²) in [6, 6.07) is 8.15. The number of aliphatic hydroxyl groups is 1. The molecule has 1 N–H and O–H groups in total. The molecule has 1 aliphatic heterocycles. The standard InChI is InChI=1S/C18H20N4O2/c1-12-20-16(14-4-2-3-13(9-14)10-23)17-18(21-12)22(11-19-17)15-5-7-24-8-6-15/h2-4,9,11,15,23H,5-8,10H2,1H3. The van der Waals surface area contributed by atoms with Gasteiger partial charge in [-0.15, -0.1) is 0 Å². The Hall–Kier alpha value is -2.31. The van der Waals surface area contributed by atoms with Crippen molar-refractivity contribution >= 4 is 11.2 Å². The van der Waals surface area contributed by atoms with Crippen LogP contribution in [0.1, 0.15) is 30.3 Å². The lowest BCUT2D eigenvalue weighted by molar-refractivity contribution is 0.0704. The summed E-state index contributed by atoms with van der Waals surface area (Å²) in [6.07, 6.45) is 3.82. The van der Waals surface area contributed by atoms with E-state index in [9.17, 15) is 5.11 Å². The summed E-state index contributed by atoms with van der Waals surface area (Å²) >= 11 is 0. The van der Waals surface area contributed by atoms with Gasteiger partial charge in [0.25, 0.3) is 0 Å². The van der Waals surface area contributed by atoms with Crippen molar-refractivity contribution in [3.05, 3.63) is 42.0 Å². The maximum absolute atomic E-state index is 9.39. The van der Waals surface area contributed by atoms with Crippen LogP contribution >= 0.6 is 0 Å². The maximum Gasteiger partial charge on any atom is 0.164 e. The van der Waals surface area contributed by atoms with Crippen LogP contribution in [0.3, 0.4) is 0 Å². The normalized spacial score (nSPS) is 15.9. The van der Waals surface area contributed by atoms with Gasteiger partial charge in [0.2, 0.25) is 0 Å². The third kappa shape index (κ3) is 2.68. The third-order valence-corrected chi connectivity index (χ3v) is 4.50. The lowest BCUT2D eigenvalue weighted by Gasteiger charge is -2.23. The molecule has 0 atom stereocenters. The molecule has 0 spiro atoms. The number of aromatic nitrogens is 4. The molecule has 0 saturated carbocycles. The fraction of sp³-hybridized carbons (Fsp3) is 0.389. The second-order valence-electron chi connectivity index (χ2n) is 6.15. The van der Waals surface area contributed by atoms with Crippen molar-refractivity contribution in [1.29, 1.82) is 0 Å². The highest BCUT2D eigenvalue weighted by atomic mass is 16.5. The first-order valence-corrected chi connectivity index (χ1v) is 8.25. The zero-order valence-electron chi connectivity index (χ0n) is 13.6. The molecule has 0 amide bonds. The Morgan fingerprint density at radius 3 is 2.88 bits per heavy atom. The molecule has 6 nitrogen and oxygen atoms in total. The summed E-state index contributed by atoms with van der Waals surface area (Å²) in [4.78, 5) is 13.9. The summed E-state index contributed by atoms with van der Waals surface area (Å²) in [7, 11) is 0. The number of nitrogens with zero attached hydrogens (tertiary/aromatic N) is 4. The summed E-state index contributed by atoms with van der Waals surface area (Å²) in [5, 5.41) is 9.39. The average molecular weight is 324 g/mol. The fourth-order valence-corrected chi connectivity index (χ4v) is 3.27. The molecule has 0 unspecified atom stereocenters. The third-order valence-electron chi connectivity index (χ3n) is 4.50. The van der Waals surface area contributed by atoms with Gasteiger partial charge >= 0.3 is 0 Å². The molecule has 3 aromatic rings. The molecule has 1 fully saturated rings. The zero-order chi connectivity index (χ0) is 16.5. The Balaban J connectivity index is 1.85. The van der Waals surface area contributed by atoms with E-state index in [0.29, 0.717) is 6.04 Å². The van der Waals surface area contributed by atoms with Gasteiger partial charge in [-0.25, -0.2) is 15.0 Å². The summed E-state index contributed by atoms with van der Waals surface area (Å²) in [6.45, 7) is 3.47.